The third-order valence-corrected chi connectivity index (χ3v) is 1.07. The van der Waals surface area contributed by atoms with Crippen LogP contribution in [-0.2, 0) is 0 Å². The first kappa shape index (κ1) is 9.78. The smallest absolute Gasteiger partial charge is 0.125 e. The van der Waals surface area contributed by atoms with Gasteiger partial charge in [-0.15, -0.1) is 0 Å². The lowest BCUT2D eigenvalue weighted by Crippen LogP contribution is -1.85. The lowest BCUT2D eigenvalue weighted by atomic mass is 10.8. The largest absolute Gasteiger partial charge is 0.263 e. The Bertz CT molecular complexity index is 194. The van der Waals surface area contributed by atoms with E-state index in [0.717, 1.165) is 0 Å². The van der Waals surface area contributed by atoms with Crippen molar-refractivity contribution >= 4 is 42.7 Å². The molecule has 0 amide bonds. The maximum absolute atomic E-state index is 3.87. The second-order valence-electron chi connectivity index (χ2n) is 1.27. The van der Waals surface area contributed by atoms with Crippen molar-refractivity contribution in [3.63, 3.8) is 0 Å². The number of aliphatic imine (C=N–C) groups is 2. The van der Waals surface area contributed by atoms with Gasteiger partial charge in [0.1, 0.15) is 4.62 Å². The van der Waals surface area contributed by atoms with E-state index in [-0.39, 0.29) is 0 Å². The van der Waals surface area contributed by atoms with Crippen LogP contribution < -0.4 is 0 Å². The van der Waals surface area contributed by atoms with Crippen molar-refractivity contribution in [2.75, 3.05) is 0 Å². The topological polar surface area (TPSA) is 24.7 Å². The summed E-state index contributed by atoms with van der Waals surface area (Å²) in [6.07, 6.45) is 2.95. The fourth-order valence-electron chi connectivity index (χ4n) is 0.259. The molecule has 0 aromatic rings. The van der Waals surface area contributed by atoms with Crippen LogP contribution in [0.25, 0.3) is 0 Å². The average Bonchev–Trinajstić information content (AvgIpc) is 1.82. The second-order valence-corrected chi connectivity index (χ2v) is 3.00. The Labute approximate surface area is 76.7 Å². The molecule has 0 bridgehead atoms. The third kappa shape index (κ3) is 5.91. The SMILES string of the molecule is C=C/N=C/C(Br)=N\C(=C)Br. The molecule has 2 nitrogen and oxygen atoms in total. The molecular weight excluding hydrogens is 260 g/mol. The Kier molecular flexibility index (Phi) is 5.43. The highest BCUT2D eigenvalue weighted by Crippen LogP contribution is 2.03. The van der Waals surface area contributed by atoms with E-state index in [4.69, 9.17) is 0 Å². The van der Waals surface area contributed by atoms with Crippen LogP contribution in [0.4, 0.5) is 0 Å². The number of halogens is 2. The van der Waals surface area contributed by atoms with E-state index in [0.29, 0.717) is 9.23 Å². The third-order valence-electron chi connectivity index (χ3n) is 0.515. The van der Waals surface area contributed by atoms with Gasteiger partial charge in [-0.2, -0.15) is 0 Å². The number of nitrogens with zero attached hydrogens (tertiary/aromatic N) is 2. The zero-order valence-corrected chi connectivity index (χ0v) is 8.39. The van der Waals surface area contributed by atoms with Gasteiger partial charge >= 0.3 is 0 Å². The highest BCUT2D eigenvalue weighted by molar-refractivity contribution is 9.19. The monoisotopic (exact) mass is 264 g/mol. The molecule has 0 saturated heterocycles. The molecular formula is C6H6Br2N2. The minimum Gasteiger partial charge on any atom is -0.263 e. The van der Waals surface area contributed by atoms with Crippen LogP contribution in [0.1, 0.15) is 0 Å². The Balaban J connectivity index is 4.06. The van der Waals surface area contributed by atoms with E-state index >= 15 is 0 Å². The summed E-state index contributed by atoms with van der Waals surface area (Å²) in [6.45, 7) is 6.92. The summed E-state index contributed by atoms with van der Waals surface area (Å²) in [5.74, 6) is 0. The lowest BCUT2D eigenvalue weighted by molar-refractivity contribution is 1.58. The Hall–Kier alpha value is -0.220. The van der Waals surface area contributed by atoms with Crippen molar-refractivity contribution in [3.8, 4) is 0 Å². The zero-order valence-electron chi connectivity index (χ0n) is 5.22. The van der Waals surface area contributed by atoms with Crippen molar-refractivity contribution in [2.45, 2.75) is 0 Å². The van der Waals surface area contributed by atoms with Crippen molar-refractivity contribution in [3.05, 3.63) is 24.0 Å². The molecule has 0 heterocycles. The molecule has 0 atom stereocenters. The van der Waals surface area contributed by atoms with Crippen molar-refractivity contribution < 1.29 is 0 Å². The molecule has 4 heteroatoms. The van der Waals surface area contributed by atoms with Gasteiger partial charge in [-0.1, -0.05) is 13.2 Å². The summed E-state index contributed by atoms with van der Waals surface area (Å²) in [4.78, 5) is 7.60. The van der Waals surface area contributed by atoms with Gasteiger partial charge in [0.2, 0.25) is 0 Å². The van der Waals surface area contributed by atoms with Gasteiger partial charge in [0, 0.05) is 6.20 Å². The number of hydrogen-bond acceptors (Lipinski definition) is 2. The van der Waals surface area contributed by atoms with Crippen LogP contribution in [0.5, 0.6) is 0 Å². The number of rotatable bonds is 3. The maximum Gasteiger partial charge on any atom is 0.125 e. The molecule has 0 aromatic heterocycles. The molecule has 0 spiro atoms. The molecule has 0 aromatic carbocycles. The summed E-state index contributed by atoms with van der Waals surface area (Å²) in [5.41, 5.74) is 0. The predicted molar refractivity (Wildman–Crippen MR) is 53.1 cm³/mol. The van der Waals surface area contributed by atoms with E-state index < -0.39 is 0 Å². The fourth-order valence-corrected chi connectivity index (χ4v) is 1.02. The Morgan fingerprint density at radius 1 is 1.40 bits per heavy atom. The van der Waals surface area contributed by atoms with Gasteiger partial charge in [-0.25, -0.2) is 4.99 Å². The summed E-state index contributed by atoms with van der Waals surface area (Å²) in [7, 11) is 0. The van der Waals surface area contributed by atoms with Gasteiger partial charge in [0.15, 0.2) is 0 Å². The van der Waals surface area contributed by atoms with Gasteiger partial charge in [0.25, 0.3) is 0 Å². The van der Waals surface area contributed by atoms with Gasteiger partial charge in [-0.05, 0) is 31.9 Å². The van der Waals surface area contributed by atoms with Crippen LogP contribution >= 0.6 is 31.9 Å². The van der Waals surface area contributed by atoms with Crippen molar-refractivity contribution in [1.82, 2.24) is 0 Å². The van der Waals surface area contributed by atoms with Crippen LogP contribution in [0, 0.1) is 0 Å². The van der Waals surface area contributed by atoms with Crippen molar-refractivity contribution in [1.29, 1.82) is 0 Å². The quantitative estimate of drug-likeness (QED) is 0.554. The molecule has 0 aliphatic rings. The fraction of sp³-hybridized carbons (Fsp3) is 0. The molecule has 0 aliphatic carbocycles. The van der Waals surface area contributed by atoms with Crippen LogP contribution in [-0.4, -0.2) is 10.8 Å². The first-order valence-corrected chi connectivity index (χ1v) is 3.98. The summed E-state index contributed by atoms with van der Waals surface area (Å²) < 4.78 is 1.16. The minimum absolute atomic E-state index is 0.551. The average molecular weight is 266 g/mol. The second kappa shape index (κ2) is 5.56. The first-order chi connectivity index (χ1) is 4.66. The van der Waals surface area contributed by atoms with E-state index in [2.05, 4.69) is 55.0 Å². The van der Waals surface area contributed by atoms with Gasteiger partial charge < -0.3 is 0 Å². The predicted octanol–water partition coefficient (Wildman–Crippen LogP) is 2.86. The normalized spacial score (nSPS) is 12.0. The molecule has 0 saturated carbocycles. The van der Waals surface area contributed by atoms with Crippen LogP contribution in [0.3, 0.4) is 0 Å². The van der Waals surface area contributed by atoms with Gasteiger partial charge in [-0.3, -0.25) is 4.99 Å². The van der Waals surface area contributed by atoms with E-state index in [1.165, 1.54) is 12.4 Å². The van der Waals surface area contributed by atoms with Crippen LogP contribution in [0.15, 0.2) is 33.9 Å². The highest BCUT2D eigenvalue weighted by atomic mass is 79.9. The standard InChI is InChI=1S/C6H6Br2N2/c1-3-9-4-6(8)10-5(2)7/h3-4H,1-2H2/b9-4+,10-6+. The Morgan fingerprint density at radius 3 is 2.40 bits per heavy atom. The molecule has 0 rings (SSSR count). The molecule has 0 aliphatic heterocycles. The summed E-state index contributed by atoms with van der Waals surface area (Å²) in [5, 5.41) is 0. The van der Waals surface area contributed by atoms with Crippen LogP contribution in [0.2, 0.25) is 0 Å². The van der Waals surface area contributed by atoms with E-state index in [9.17, 15) is 0 Å². The summed E-state index contributed by atoms with van der Waals surface area (Å²) >= 11 is 6.21. The van der Waals surface area contributed by atoms with E-state index in [1.807, 2.05) is 0 Å². The zero-order chi connectivity index (χ0) is 7.98. The van der Waals surface area contributed by atoms with Gasteiger partial charge in [0.05, 0.1) is 10.8 Å². The van der Waals surface area contributed by atoms with Crippen molar-refractivity contribution in [2.24, 2.45) is 9.98 Å². The molecule has 0 fully saturated rings. The molecule has 10 heavy (non-hydrogen) atoms. The molecule has 0 radical (unpaired) electrons. The molecule has 0 unspecified atom stereocenters. The summed E-state index contributed by atoms with van der Waals surface area (Å²) in [6, 6.07) is 0. The van der Waals surface area contributed by atoms with E-state index in [1.54, 1.807) is 0 Å². The maximum atomic E-state index is 3.87. The highest BCUT2D eigenvalue weighted by Gasteiger charge is 1.85. The molecule has 0 N–H and O–H groups in total. The first-order valence-electron chi connectivity index (χ1n) is 2.39. The minimum atomic E-state index is 0.551. The lowest BCUT2D eigenvalue weighted by Gasteiger charge is -1.85. The molecule has 54 valence electrons. The Morgan fingerprint density at radius 2 is 2.00 bits per heavy atom. The number of hydrogen-bond donors (Lipinski definition) is 0.